The van der Waals surface area contributed by atoms with Crippen molar-refractivity contribution in [2.45, 2.75) is 20.6 Å². The summed E-state index contributed by atoms with van der Waals surface area (Å²) in [5, 5.41) is 0. The lowest BCUT2D eigenvalue weighted by Gasteiger charge is -2.03. The molecule has 0 aliphatic rings. The molecule has 0 heterocycles. The number of rotatable bonds is 0. The lowest BCUT2D eigenvalue weighted by molar-refractivity contribution is 1.30. The van der Waals surface area contributed by atoms with E-state index in [9.17, 15) is 0 Å². The maximum absolute atomic E-state index is 7.78. The first-order valence-corrected chi connectivity index (χ1v) is 2.54. The summed E-state index contributed by atoms with van der Waals surface area (Å²) in [6.45, 7) is -8.98. The first-order chi connectivity index (χ1) is 9.10. The van der Waals surface area contributed by atoms with E-state index in [4.69, 9.17) is 20.8 Å². The Bertz CT molecular complexity index is 563. The van der Waals surface area contributed by atoms with Crippen LogP contribution in [0.5, 0.6) is 0 Å². The topological polar surface area (TPSA) is 26.0 Å². The van der Waals surface area contributed by atoms with Crippen molar-refractivity contribution >= 4 is 5.69 Å². The van der Waals surface area contributed by atoms with Gasteiger partial charge in [-0.2, -0.15) is 0 Å². The second-order valence-corrected chi connectivity index (χ2v) is 1.79. The Morgan fingerprint density at radius 2 is 1.80 bits per heavy atom. The minimum Gasteiger partial charge on any atom is -0.399 e. The molecule has 0 spiro atoms. The highest BCUT2D eigenvalue weighted by molar-refractivity contribution is 5.50. The van der Waals surface area contributed by atoms with Crippen molar-refractivity contribution in [3.05, 3.63) is 28.8 Å². The van der Waals surface area contributed by atoms with Crippen LogP contribution in [-0.4, -0.2) is 0 Å². The molecule has 0 saturated carbocycles. The molecule has 0 saturated heterocycles. The molecule has 0 bridgehead atoms. The van der Waals surface area contributed by atoms with Crippen LogP contribution in [0.1, 0.15) is 31.8 Å². The molecule has 0 unspecified atom stereocenters. The smallest absolute Gasteiger partial charge is 0.0648 e. The number of hydrogen-bond acceptors (Lipinski definition) is 1. The number of hydrogen-bond donors (Lipinski definition) is 1. The zero-order chi connectivity index (χ0) is 17.0. The Morgan fingerprint density at radius 3 is 2.40 bits per heavy atom. The highest BCUT2D eigenvalue weighted by atomic mass is 14.6. The maximum Gasteiger partial charge on any atom is 0.0648 e. The van der Waals surface area contributed by atoms with Crippen molar-refractivity contribution in [3.63, 3.8) is 0 Å². The summed E-state index contributed by atoms with van der Waals surface area (Å²) in [6, 6.07) is -1.86. The van der Waals surface area contributed by atoms with Gasteiger partial charge >= 0.3 is 0 Å². The molecule has 54 valence electrons. The van der Waals surface area contributed by atoms with Gasteiger partial charge in [0.2, 0.25) is 0 Å². The van der Waals surface area contributed by atoms with Gasteiger partial charge in [0, 0.05) is 18.0 Å². The predicted molar refractivity (Wildman–Crippen MR) is 45.1 cm³/mol. The van der Waals surface area contributed by atoms with E-state index in [0.717, 1.165) is 0 Å². The molecule has 0 radical (unpaired) electrons. The van der Waals surface area contributed by atoms with Gasteiger partial charge in [-0.15, -0.1) is 0 Å². The van der Waals surface area contributed by atoms with Crippen LogP contribution in [0, 0.1) is 20.6 Å². The van der Waals surface area contributed by atoms with E-state index < -0.39 is 55.0 Å². The highest BCUT2D eigenvalue weighted by Gasteiger charge is 1.95. The molecular formula is C9H13N. The van der Waals surface area contributed by atoms with Crippen molar-refractivity contribution in [1.82, 2.24) is 0 Å². The van der Waals surface area contributed by atoms with Crippen molar-refractivity contribution in [2.24, 2.45) is 0 Å². The Balaban J connectivity index is 4.05. The molecule has 0 aliphatic heterocycles. The molecule has 0 aliphatic carbocycles. The van der Waals surface area contributed by atoms with Crippen LogP contribution in [0.15, 0.2) is 12.1 Å². The highest BCUT2D eigenvalue weighted by Crippen LogP contribution is 2.16. The zero-order valence-electron chi connectivity index (χ0n) is 16.1. The van der Waals surface area contributed by atoms with Gasteiger partial charge in [-0.1, -0.05) is 6.04 Å². The standard InChI is InChI=1S/C9H13N/c1-6-4-8(3)9(10)5-7(6)2/h4-5H,10H2,1-3H3/i1D3,2D3,3D3,4D,5D. The fourth-order valence-corrected chi connectivity index (χ4v) is 0.515. The average molecular weight is 146 g/mol. The molecule has 1 heteroatoms. The summed E-state index contributed by atoms with van der Waals surface area (Å²) in [5.41, 5.74) is 2.09. The first kappa shape index (κ1) is 1.45. The molecule has 1 nitrogen and oxygen atoms in total. The second kappa shape index (κ2) is 2.33. The number of benzene rings is 1. The van der Waals surface area contributed by atoms with E-state index in [1.807, 2.05) is 0 Å². The van der Waals surface area contributed by atoms with Gasteiger partial charge in [-0.25, -0.2) is 0 Å². The van der Waals surface area contributed by atoms with Crippen LogP contribution in [0.4, 0.5) is 5.69 Å². The van der Waals surface area contributed by atoms with Crippen LogP contribution in [0.25, 0.3) is 0 Å². The second-order valence-electron chi connectivity index (χ2n) is 1.79. The van der Waals surface area contributed by atoms with Crippen molar-refractivity contribution in [2.75, 3.05) is 5.73 Å². The summed E-state index contributed by atoms with van der Waals surface area (Å²) in [4.78, 5) is 0. The molecule has 0 amide bonds. The normalized spacial score (nSPS) is 29.8. The van der Waals surface area contributed by atoms with E-state index in [1.54, 1.807) is 0 Å². The summed E-state index contributed by atoms with van der Waals surface area (Å²) >= 11 is 0. The fourth-order valence-electron chi connectivity index (χ4n) is 0.515. The molecule has 1 aromatic carbocycles. The SMILES string of the molecule is [2H]c1c(N)c(C([2H])([2H])[2H])c([2H])c(C([2H])([2H])[2H])c1C([2H])([2H])[2H]. The minimum absolute atomic E-state index is 0.709. The molecular weight excluding hydrogens is 122 g/mol. The van der Waals surface area contributed by atoms with Gasteiger partial charge in [-0.05, 0) is 43.3 Å². The number of nitrogen functional groups attached to an aromatic ring is 1. The summed E-state index contributed by atoms with van der Waals surface area (Å²) in [7, 11) is 0. The van der Waals surface area contributed by atoms with E-state index in [2.05, 4.69) is 0 Å². The third-order valence-electron chi connectivity index (χ3n) is 1.03. The molecule has 1 rings (SSSR count). The van der Waals surface area contributed by atoms with E-state index >= 15 is 0 Å². The Labute approximate surface area is 77.3 Å². The van der Waals surface area contributed by atoms with E-state index in [-0.39, 0.29) is 0 Å². The Morgan fingerprint density at radius 1 is 1.20 bits per heavy atom. The molecule has 0 fully saturated rings. The molecule has 1 aromatic rings. The molecule has 2 N–H and O–H groups in total. The van der Waals surface area contributed by atoms with Gasteiger partial charge in [-0.3, -0.25) is 0 Å². The van der Waals surface area contributed by atoms with E-state index in [0.29, 0.717) is 0 Å². The fraction of sp³-hybridized carbons (Fsp3) is 0.333. The predicted octanol–water partition coefficient (Wildman–Crippen LogP) is 2.19. The molecule has 10 heavy (non-hydrogen) atoms. The maximum atomic E-state index is 7.78. The molecule has 0 aromatic heterocycles. The Hall–Kier alpha value is -0.980. The third kappa shape index (κ3) is 1.13. The Kier molecular flexibility index (Phi) is 0.337. The van der Waals surface area contributed by atoms with Crippen LogP contribution in [-0.2, 0) is 0 Å². The first-order valence-electron chi connectivity index (χ1n) is 8.04. The number of anilines is 1. The van der Waals surface area contributed by atoms with Gasteiger partial charge < -0.3 is 5.73 Å². The summed E-state index contributed by atoms with van der Waals surface area (Å²) < 4.78 is 81.5. The monoisotopic (exact) mass is 146 g/mol. The lowest BCUT2D eigenvalue weighted by atomic mass is 10.1. The summed E-state index contributed by atoms with van der Waals surface area (Å²) in [6.07, 6.45) is 0. The van der Waals surface area contributed by atoms with Gasteiger partial charge in [0.05, 0.1) is 2.74 Å². The summed E-state index contributed by atoms with van der Waals surface area (Å²) in [5.74, 6) is 0. The quantitative estimate of drug-likeness (QED) is 0.558. The van der Waals surface area contributed by atoms with Crippen LogP contribution in [0.3, 0.4) is 0 Å². The van der Waals surface area contributed by atoms with Gasteiger partial charge in [0.15, 0.2) is 0 Å². The lowest BCUT2D eigenvalue weighted by Crippen LogP contribution is -1.91. The van der Waals surface area contributed by atoms with Crippen LogP contribution < -0.4 is 5.73 Å². The van der Waals surface area contributed by atoms with Crippen molar-refractivity contribution in [3.8, 4) is 0 Å². The zero-order valence-corrected chi connectivity index (χ0v) is 5.08. The minimum atomic E-state index is -3.05. The van der Waals surface area contributed by atoms with Gasteiger partial charge in [0.1, 0.15) is 0 Å². The van der Waals surface area contributed by atoms with Gasteiger partial charge in [0.25, 0.3) is 0 Å². The number of nitrogens with two attached hydrogens (primary N) is 1. The van der Waals surface area contributed by atoms with Crippen LogP contribution >= 0.6 is 0 Å². The van der Waals surface area contributed by atoms with E-state index in [1.165, 1.54) is 0 Å². The average Bonchev–Trinajstić information content (AvgIpc) is 2.17. The largest absolute Gasteiger partial charge is 0.399 e. The third-order valence-corrected chi connectivity index (χ3v) is 1.03. The van der Waals surface area contributed by atoms with Crippen LogP contribution in [0.2, 0.25) is 0 Å². The van der Waals surface area contributed by atoms with Crippen molar-refractivity contribution < 1.29 is 15.1 Å². The molecule has 0 atom stereocenters. The van der Waals surface area contributed by atoms with Crippen molar-refractivity contribution in [1.29, 1.82) is 0 Å².